The SMILES string of the molecule is COc1cccc(NS(=O)(=O)c2cccc([N+](=O)[O-])c2C)c1. The first-order valence-corrected chi connectivity index (χ1v) is 7.74. The van der Waals surface area contributed by atoms with Crippen molar-refractivity contribution >= 4 is 21.4 Å². The van der Waals surface area contributed by atoms with Crippen LogP contribution in [-0.4, -0.2) is 20.5 Å². The highest BCUT2D eigenvalue weighted by atomic mass is 32.2. The van der Waals surface area contributed by atoms with Crippen LogP contribution in [0.2, 0.25) is 0 Å². The summed E-state index contributed by atoms with van der Waals surface area (Å²) >= 11 is 0. The Bertz CT molecular complexity index is 818. The Labute approximate surface area is 127 Å². The second-order valence-electron chi connectivity index (χ2n) is 4.49. The van der Waals surface area contributed by atoms with Gasteiger partial charge in [-0.05, 0) is 25.1 Å². The highest BCUT2D eigenvalue weighted by Gasteiger charge is 2.22. The molecule has 22 heavy (non-hydrogen) atoms. The number of nitrogens with one attached hydrogen (secondary N) is 1. The number of anilines is 1. The van der Waals surface area contributed by atoms with Gasteiger partial charge in [-0.15, -0.1) is 0 Å². The molecule has 2 rings (SSSR count). The molecule has 0 aliphatic rings. The van der Waals surface area contributed by atoms with Crippen LogP contribution in [0.5, 0.6) is 5.75 Å². The maximum atomic E-state index is 12.4. The third-order valence-corrected chi connectivity index (χ3v) is 4.59. The lowest BCUT2D eigenvalue weighted by molar-refractivity contribution is -0.385. The predicted molar refractivity (Wildman–Crippen MR) is 81.6 cm³/mol. The van der Waals surface area contributed by atoms with Crippen LogP contribution in [0.3, 0.4) is 0 Å². The molecule has 0 radical (unpaired) electrons. The number of nitro groups is 1. The molecule has 8 heteroatoms. The number of ether oxygens (including phenoxy) is 1. The van der Waals surface area contributed by atoms with Crippen molar-refractivity contribution in [1.29, 1.82) is 0 Å². The molecule has 0 unspecified atom stereocenters. The van der Waals surface area contributed by atoms with E-state index in [9.17, 15) is 18.5 Å². The third-order valence-electron chi connectivity index (χ3n) is 3.06. The monoisotopic (exact) mass is 322 g/mol. The lowest BCUT2D eigenvalue weighted by atomic mass is 10.2. The topological polar surface area (TPSA) is 98.5 Å². The van der Waals surface area contributed by atoms with E-state index >= 15 is 0 Å². The Balaban J connectivity index is 2.43. The number of methoxy groups -OCH3 is 1. The average Bonchev–Trinajstić information content (AvgIpc) is 2.46. The third kappa shape index (κ3) is 3.17. The van der Waals surface area contributed by atoms with Crippen molar-refractivity contribution < 1.29 is 18.1 Å². The first-order chi connectivity index (χ1) is 10.3. The van der Waals surface area contributed by atoms with Crippen LogP contribution in [-0.2, 0) is 10.0 Å². The first kappa shape index (κ1) is 15.8. The maximum absolute atomic E-state index is 12.4. The van der Waals surface area contributed by atoms with E-state index in [0.29, 0.717) is 11.4 Å². The van der Waals surface area contributed by atoms with Crippen LogP contribution < -0.4 is 9.46 Å². The summed E-state index contributed by atoms with van der Waals surface area (Å²) in [4.78, 5) is 10.2. The largest absolute Gasteiger partial charge is 0.497 e. The first-order valence-electron chi connectivity index (χ1n) is 6.26. The van der Waals surface area contributed by atoms with Gasteiger partial charge in [0.2, 0.25) is 0 Å². The van der Waals surface area contributed by atoms with Crippen LogP contribution in [0, 0.1) is 17.0 Å². The van der Waals surface area contributed by atoms with Gasteiger partial charge in [-0.3, -0.25) is 14.8 Å². The van der Waals surface area contributed by atoms with Crippen molar-refractivity contribution in [3.8, 4) is 5.75 Å². The van der Waals surface area contributed by atoms with E-state index < -0.39 is 14.9 Å². The quantitative estimate of drug-likeness (QED) is 0.674. The summed E-state index contributed by atoms with van der Waals surface area (Å²) in [7, 11) is -2.46. The molecule has 0 aliphatic carbocycles. The summed E-state index contributed by atoms with van der Waals surface area (Å²) < 4.78 is 32.3. The zero-order valence-corrected chi connectivity index (χ0v) is 12.8. The molecular formula is C14H14N2O5S. The summed E-state index contributed by atoms with van der Waals surface area (Å²) in [5.41, 5.74) is 0.154. The molecule has 0 spiro atoms. The Hall–Kier alpha value is -2.61. The zero-order chi connectivity index (χ0) is 16.3. The molecule has 1 N–H and O–H groups in total. The van der Waals surface area contributed by atoms with Crippen molar-refractivity contribution in [1.82, 2.24) is 0 Å². The van der Waals surface area contributed by atoms with Crippen molar-refractivity contribution in [3.05, 3.63) is 58.1 Å². The molecule has 0 atom stereocenters. The molecule has 2 aromatic carbocycles. The second-order valence-corrected chi connectivity index (χ2v) is 6.15. The number of rotatable bonds is 5. The Morgan fingerprint density at radius 2 is 1.86 bits per heavy atom. The fraction of sp³-hybridized carbons (Fsp3) is 0.143. The molecule has 7 nitrogen and oxygen atoms in total. The lowest BCUT2D eigenvalue weighted by Gasteiger charge is -2.11. The molecule has 0 aliphatic heterocycles. The molecule has 0 aromatic heterocycles. The number of hydrogen-bond acceptors (Lipinski definition) is 5. The van der Waals surface area contributed by atoms with E-state index in [4.69, 9.17) is 4.74 Å². The number of benzene rings is 2. The summed E-state index contributed by atoms with van der Waals surface area (Å²) in [6, 6.07) is 10.3. The van der Waals surface area contributed by atoms with E-state index in [0.717, 1.165) is 0 Å². The summed E-state index contributed by atoms with van der Waals surface area (Å²) in [5.74, 6) is 0.496. The predicted octanol–water partition coefficient (Wildman–Crippen LogP) is 2.71. The minimum absolute atomic E-state index is 0.0860. The van der Waals surface area contributed by atoms with Crippen LogP contribution in [0.15, 0.2) is 47.4 Å². The normalized spacial score (nSPS) is 11.0. The highest BCUT2D eigenvalue weighted by molar-refractivity contribution is 7.92. The van der Waals surface area contributed by atoms with E-state index in [-0.39, 0.29) is 16.1 Å². The number of nitrogens with zero attached hydrogens (tertiary/aromatic N) is 1. The van der Waals surface area contributed by atoms with Crippen molar-refractivity contribution in [2.75, 3.05) is 11.8 Å². The van der Waals surface area contributed by atoms with Gasteiger partial charge in [-0.1, -0.05) is 12.1 Å². The number of nitro benzene ring substituents is 1. The highest BCUT2D eigenvalue weighted by Crippen LogP contribution is 2.27. The fourth-order valence-corrected chi connectivity index (χ4v) is 3.30. The average molecular weight is 322 g/mol. The van der Waals surface area contributed by atoms with Crippen LogP contribution in [0.4, 0.5) is 11.4 Å². The van der Waals surface area contributed by atoms with E-state index in [1.807, 2.05) is 0 Å². The van der Waals surface area contributed by atoms with E-state index in [1.54, 1.807) is 18.2 Å². The summed E-state index contributed by atoms with van der Waals surface area (Å²) in [6.45, 7) is 1.40. The minimum Gasteiger partial charge on any atom is -0.497 e. The zero-order valence-electron chi connectivity index (χ0n) is 11.9. The van der Waals surface area contributed by atoms with E-state index in [2.05, 4.69) is 4.72 Å². The fourth-order valence-electron chi connectivity index (χ4n) is 1.99. The summed E-state index contributed by atoms with van der Waals surface area (Å²) in [6.07, 6.45) is 0. The van der Waals surface area contributed by atoms with Crippen molar-refractivity contribution in [3.63, 3.8) is 0 Å². The van der Waals surface area contributed by atoms with Gasteiger partial charge in [0.15, 0.2) is 0 Å². The number of hydrogen-bond donors (Lipinski definition) is 1. The Morgan fingerprint density at radius 3 is 2.50 bits per heavy atom. The van der Waals surface area contributed by atoms with Gasteiger partial charge in [0, 0.05) is 17.7 Å². The Kier molecular flexibility index (Phi) is 4.32. The maximum Gasteiger partial charge on any atom is 0.273 e. The lowest BCUT2D eigenvalue weighted by Crippen LogP contribution is -2.14. The van der Waals surface area contributed by atoms with Crippen LogP contribution >= 0.6 is 0 Å². The van der Waals surface area contributed by atoms with Gasteiger partial charge >= 0.3 is 0 Å². The molecule has 116 valence electrons. The molecule has 2 aromatic rings. The van der Waals surface area contributed by atoms with Crippen molar-refractivity contribution in [2.45, 2.75) is 11.8 Å². The molecule has 0 bridgehead atoms. The second kappa shape index (κ2) is 6.02. The molecular weight excluding hydrogens is 308 g/mol. The van der Waals surface area contributed by atoms with Gasteiger partial charge in [0.05, 0.1) is 22.6 Å². The molecule has 0 heterocycles. The Morgan fingerprint density at radius 1 is 1.18 bits per heavy atom. The van der Waals surface area contributed by atoms with Crippen LogP contribution in [0.25, 0.3) is 0 Å². The molecule has 0 saturated carbocycles. The summed E-state index contributed by atoms with van der Waals surface area (Å²) in [5, 5.41) is 10.9. The number of sulfonamides is 1. The van der Waals surface area contributed by atoms with Crippen molar-refractivity contribution in [2.24, 2.45) is 0 Å². The minimum atomic E-state index is -3.94. The van der Waals surface area contributed by atoms with E-state index in [1.165, 1.54) is 38.3 Å². The molecule has 0 fully saturated rings. The smallest absolute Gasteiger partial charge is 0.273 e. The van der Waals surface area contributed by atoms with Gasteiger partial charge in [-0.2, -0.15) is 0 Å². The van der Waals surface area contributed by atoms with Crippen LogP contribution in [0.1, 0.15) is 5.56 Å². The van der Waals surface area contributed by atoms with Gasteiger partial charge in [-0.25, -0.2) is 8.42 Å². The van der Waals surface area contributed by atoms with Gasteiger partial charge in [0.1, 0.15) is 5.75 Å². The molecule has 0 amide bonds. The van der Waals surface area contributed by atoms with Gasteiger partial charge < -0.3 is 4.74 Å². The molecule has 0 saturated heterocycles. The van der Waals surface area contributed by atoms with Gasteiger partial charge in [0.25, 0.3) is 15.7 Å². The standard InChI is InChI=1S/C14H14N2O5S/c1-10-13(16(17)18)7-4-8-14(10)22(19,20)15-11-5-3-6-12(9-11)21-2/h3-9,15H,1-2H3.